The molecule has 0 fully saturated rings. The van der Waals surface area contributed by atoms with Crippen LogP contribution in [-0.4, -0.2) is 15.8 Å². The summed E-state index contributed by atoms with van der Waals surface area (Å²) in [6.45, 7) is 3.06. The summed E-state index contributed by atoms with van der Waals surface area (Å²) < 4.78 is 0. The van der Waals surface area contributed by atoms with Crippen molar-refractivity contribution in [2.45, 2.75) is 13.8 Å². The Bertz CT molecular complexity index is 630. The van der Waals surface area contributed by atoms with Gasteiger partial charge in [-0.15, -0.1) is 0 Å². The summed E-state index contributed by atoms with van der Waals surface area (Å²) in [5.74, 6) is 1.07. The van der Waals surface area contributed by atoms with Crippen LogP contribution in [-0.2, 0) is 4.79 Å². The number of H-pyrrole nitrogens is 1. The monoisotopic (exact) mass is 278 g/mol. The molecule has 106 valence electrons. The molecule has 0 saturated carbocycles. The molecule has 0 aliphatic carbocycles. The zero-order valence-corrected chi connectivity index (χ0v) is 12.2. The van der Waals surface area contributed by atoms with E-state index in [1.807, 2.05) is 54.7 Å². The zero-order chi connectivity index (χ0) is 15.1. The topological polar surface area (TPSA) is 45.8 Å². The average Bonchev–Trinajstić information content (AvgIpc) is 2.98. The number of nitrogens with one attached hydrogen (secondary N) is 1. The minimum Gasteiger partial charge on any atom is -0.344 e. The Balaban J connectivity index is 0.000000361. The maximum Gasteiger partial charge on any atom is 0.138 e. The molecule has 2 aromatic carbocycles. The molecule has 3 rings (SSSR count). The van der Waals surface area contributed by atoms with Crippen LogP contribution in [0, 0.1) is 0 Å². The van der Waals surface area contributed by atoms with Crippen molar-refractivity contribution in [3.8, 4) is 22.6 Å². The molecule has 1 heterocycles. The van der Waals surface area contributed by atoms with E-state index in [2.05, 4.69) is 22.1 Å². The molecule has 0 aliphatic heterocycles. The molecule has 1 N–H and O–H groups in total. The van der Waals surface area contributed by atoms with Crippen LogP contribution in [0.2, 0.25) is 0 Å². The number of Topliss-reactive ketones (excluding diaryl/α,β-unsaturated/α-hetero) is 1. The number of imidazole rings is 1. The molecule has 21 heavy (non-hydrogen) atoms. The second-order valence-electron chi connectivity index (χ2n) is 4.77. The van der Waals surface area contributed by atoms with E-state index in [0.717, 1.165) is 22.6 Å². The van der Waals surface area contributed by atoms with Crippen molar-refractivity contribution in [3.63, 3.8) is 0 Å². The average molecular weight is 278 g/mol. The van der Waals surface area contributed by atoms with Crippen LogP contribution in [0.3, 0.4) is 0 Å². The third-order valence-electron chi connectivity index (χ3n) is 2.69. The van der Waals surface area contributed by atoms with Crippen molar-refractivity contribution in [2.75, 3.05) is 0 Å². The number of aromatic amines is 1. The summed E-state index contributed by atoms with van der Waals surface area (Å²) >= 11 is 0. The molecule has 0 spiro atoms. The second kappa shape index (κ2) is 7.20. The number of ketones is 1. The minimum absolute atomic E-state index is 0.167. The molecule has 3 heteroatoms. The lowest BCUT2D eigenvalue weighted by Crippen LogP contribution is -1.80. The molecular formula is C18H18N2O. The maximum atomic E-state index is 9.44. The summed E-state index contributed by atoms with van der Waals surface area (Å²) in [4.78, 5) is 17.2. The smallest absolute Gasteiger partial charge is 0.138 e. The predicted molar refractivity (Wildman–Crippen MR) is 85.8 cm³/mol. The summed E-state index contributed by atoms with van der Waals surface area (Å²) in [6, 6.07) is 20.3. The van der Waals surface area contributed by atoms with E-state index >= 15 is 0 Å². The van der Waals surface area contributed by atoms with E-state index in [4.69, 9.17) is 0 Å². The van der Waals surface area contributed by atoms with Gasteiger partial charge in [0.25, 0.3) is 0 Å². The first-order chi connectivity index (χ1) is 10.2. The van der Waals surface area contributed by atoms with Crippen molar-refractivity contribution in [1.82, 2.24) is 9.97 Å². The number of carbonyl (C=O) groups excluding carboxylic acids is 1. The van der Waals surface area contributed by atoms with Crippen LogP contribution in [0.25, 0.3) is 22.6 Å². The number of aromatic nitrogens is 2. The first kappa shape index (κ1) is 14.7. The number of hydrogen-bond donors (Lipinski definition) is 1. The van der Waals surface area contributed by atoms with Crippen LogP contribution in [0.5, 0.6) is 0 Å². The highest BCUT2D eigenvalue weighted by atomic mass is 16.1. The lowest BCUT2D eigenvalue weighted by molar-refractivity contribution is -0.114. The maximum absolute atomic E-state index is 9.44. The SMILES string of the molecule is CC(C)=O.c1ccc(-c2c[nH]c(-c3ccccc3)n2)cc1. The normalized spacial score (nSPS) is 9.62. The molecule has 3 nitrogen and oxygen atoms in total. The van der Waals surface area contributed by atoms with Crippen molar-refractivity contribution in [3.05, 3.63) is 66.9 Å². The molecule has 0 saturated heterocycles. The van der Waals surface area contributed by atoms with Gasteiger partial charge in [0.2, 0.25) is 0 Å². The summed E-state index contributed by atoms with van der Waals surface area (Å²) in [5.41, 5.74) is 3.21. The first-order valence-electron chi connectivity index (χ1n) is 6.80. The van der Waals surface area contributed by atoms with Gasteiger partial charge in [-0.2, -0.15) is 0 Å². The van der Waals surface area contributed by atoms with Gasteiger partial charge in [-0.05, 0) is 13.8 Å². The van der Waals surface area contributed by atoms with Crippen LogP contribution in [0.15, 0.2) is 66.9 Å². The number of hydrogen-bond acceptors (Lipinski definition) is 2. The van der Waals surface area contributed by atoms with Gasteiger partial charge in [-0.25, -0.2) is 4.98 Å². The third-order valence-corrected chi connectivity index (χ3v) is 2.69. The fourth-order valence-corrected chi connectivity index (χ4v) is 1.82. The fourth-order valence-electron chi connectivity index (χ4n) is 1.82. The van der Waals surface area contributed by atoms with Crippen molar-refractivity contribution in [1.29, 1.82) is 0 Å². The number of nitrogens with zero attached hydrogens (tertiary/aromatic N) is 1. The van der Waals surface area contributed by atoms with Crippen molar-refractivity contribution < 1.29 is 4.79 Å². The Morgan fingerprint density at radius 2 is 1.33 bits per heavy atom. The van der Waals surface area contributed by atoms with Gasteiger partial charge in [0.05, 0.1) is 5.69 Å². The molecule has 3 aromatic rings. The van der Waals surface area contributed by atoms with E-state index in [0.29, 0.717) is 0 Å². The summed E-state index contributed by atoms with van der Waals surface area (Å²) in [7, 11) is 0. The Labute approximate surface area is 124 Å². The molecule has 0 bridgehead atoms. The van der Waals surface area contributed by atoms with Crippen molar-refractivity contribution in [2.24, 2.45) is 0 Å². The predicted octanol–water partition coefficient (Wildman–Crippen LogP) is 4.34. The quantitative estimate of drug-likeness (QED) is 0.758. The number of rotatable bonds is 2. The van der Waals surface area contributed by atoms with Crippen LogP contribution >= 0.6 is 0 Å². The van der Waals surface area contributed by atoms with Gasteiger partial charge in [0, 0.05) is 17.3 Å². The first-order valence-corrected chi connectivity index (χ1v) is 6.80. The highest BCUT2D eigenvalue weighted by molar-refractivity contribution is 5.72. The van der Waals surface area contributed by atoms with Crippen LogP contribution < -0.4 is 0 Å². The van der Waals surface area contributed by atoms with Crippen LogP contribution in [0.1, 0.15) is 13.8 Å². The van der Waals surface area contributed by atoms with Gasteiger partial charge in [0.15, 0.2) is 0 Å². The number of benzene rings is 2. The van der Waals surface area contributed by atoms with Gasteiger partial charge >= 0.3 is 0 Å². The van der Waals surface area contributed by atoms with Gasteiger partial charge in [-0.1, -0.05) is 60.7 Å². The van der Waals surface area contributed by atoms with E-state index < -0.39 is 0 Å². The molecular weight excluding hydrogens is 260 g/mol. The highest BCUT2D eigenvalue weighted by Crippen LogP contribution is 2.21. The summed E-state index contributed by atoms with van der Waals surface area (Å²) in [5, 5.41) is 0. The van der Waals surface area contributed by atoms with E-state index in [1.54, 1.807) is 0 Å². The molecule has 0 aliphatic rings. The molecule has 1 aromatic heterocycles. The minimum atomic E-state index is 0.167. The molecule has 0 atom stereocenters. The van der Waals surface area contributed by atoms with Gasteiger partial charge in [-0.3, -0.25) is 0 Å². The molecule has 0 amide bonds. The lowest BCUT2D eigenvalue weighted by Gasteiger charge is -1.95. The van der Waals surface area contributed by atoms with Crippen LogP contribution in [0.4, 0.5) is 0 Å². The Morgan fingerprint density at radius 1 is 0.857 bits per heavy atom. The Hall–Kier alpha value is -2.68. The van der Waals surface area contributed by atoms with E-state index in [-0.39, 0.29) is 5.78 Å². The zero-order valence-electron chi connectivity index (χ0n) is 12.2. The number of carbonyl (C=O) groups is 1. The second-order valence-corrected chi connectivity index (χ2v) is 4.77. The third kappa shape index (κ3) is 4.42. The summed E-state index contributed by atoms with van der Waals surface area (Å²) in [6.07, 6.45) is 1.94. The Morgan fingerprint density at radius 3 is 1.86 bits per heavy atom. The molecule has 0 unspecified atom stereocenters. The van der Waals surface area contributed by atoms with Gasteiger partial charge in [0.1, 0.15) is 11.6 Å². The standard InChI is InChI=1S/C15H12N2.C3H6O/c1-3-7-12(8-4-1)14-11-16-15(17-14)13-9-5-2-6-10-13;1-3(2)4/h1-11H,(H,16,17);1-2H3. The Kier molecular flexibility index (Phi) is 5.04. The van der Waals surface area contributed by atoms with Gasteiger partial charge < -0.3 is 9.78 Å². The molecule has 0 radical (unpaired) electrons. The highest BCUT2D eigenvalue weighted by Gasteiger charge is 2.04. The largest absolute Gasteiger partial charge is 0.344 e. The van der Waals surface area contributed by atoms with Crippen molar-refractivity contribution >= 4 is 5.78 Å². The lowest BCUT2D eigenvalue weighted by atomic mass is 10.2. The van der Waals surface area contributed by atoms with E-state index in [1.165, 1.54) is 13.8 Å². The fraction of sp³-hybridized carbons (Fsp3) is 0.111. The van der Waals surface area contributed by atoms with E-state index in [9.17, 15) is 4.79 Å².